The van der Waals surface area contributed by atoms with Crippen molar-refractivity contribution in [1.29, 1.82) is 0 Å². The van der Waals surface area contributed by atoms with Gasteiger partial charge in [0.05, 0.1) is 17.6 Å². The van der Waals surface area contributed by atoms with Crippen LogP contribution < -0.4 is 10.5 Å². The van der Waals surface area contributed by atoms with Crippen molar-refractivity contribution >= 4 is 38.7 Å². The summed E-state index contributed by atoms with van der Waals surface area (Å²) in [7, 11) is 1.53. The van der Waals surface area contributed by atoms with Crippen molar-refractivity contribution in [3.63, 3.8) is 0 Å². The van der Waals surface area contributed by atoms with Crippen molar-refractivity contribution in [2.75, 3.05) is 12.8 Å². The molecule has 1 aromatic heterocycles. The minimum atomic E-state index is -0.116. The van der Waals surface area contributed by atoms with Gasteiger partial charge in [0, 0.05) is 15.0 Å². The van der Waals surface area contributed by atoms with E-state index in [1.54, 1.807) is 18.2 Å². The fraction of sp³-hybridized carbons (Fsp3) is 0.154. The van der Waals surface area contributed by atoms with Crippen LogP contribution in [0.1, 0.15) is 20.1 Å². The van der Waals surface area contributed by atoms with E-state index in [0.717, 1.165) is 9.35 Å². The first kappa shape index (κ1) is 13.1. The van der Waals surface area contributed by atoms with Crippen LogP contribution in [-0.2, 0) is 0 Å². The first-order valence-corrected chi connectivity index (χ1v) is 6.88. The molecule has 0 saturated heterocycles. The maximum atomic E-state index is 12.5. The lowest BCUT2D eigenvalue weighted by Crippen LogP contribution is -2.06. The van der Waals surface area contributed by atoms with Crippen LogP contribution in [0.25, 0.3) is 0 Å². The molecule has 0 fully saturated rings. The number of ketones is 1. The number of carbonyl (C=O) groups is 1. The van der Waals surface area contributed by atoms with Crippen LogP contribution in [-0.4, -0.2) is 12.9 Å². The molecule has 1 heterocycles. The predicted octanol–water partition coefficient (Wildman–Crippen LogP) is 3.64. The Balaban J connectivity index is 2.56. The van der Waals surface area contributed by atoms with E-state index in [0.29, 0.717) is 21.9 Å². The number of aryl methyl sites for hydroxylation is 1. The van der Waals surface area contributed by atoms with Gasteiger partial charge in [-0.3, -0.25) is 4.79 Å². The van der Waals surface area contributed by atoms with E-state index in [4.69, 9.17) is 10.5 Å². The molecule has 18 heavy (non-hydrogen) atoms. The number of anilines is 1. The van der Waals surface area contributed by atoms with Crippen LogP contribution >= 0.6 is 27.3 Å². The van der Waals surface area contributed by atoms with Crippen molar-refractivity contribution in [2.45, 2.75) is 6.92 Å². The number of thiophene rings is 1. The van der Waals surface area contributed by atoms with Gasteiger partial charge in [-0.05, 0) is 41.1 Å². The average molecular weight is 326 g/mol. The molecule has 2 N–H and O–H groups in total. The number of nitrogen functional groups attached to an aromatic ring is 1. The molecule has 1 aromatic carbocycles. The van der Waals surface area contributed by atoms with Gasteiger partial charge in [0.25, 0.3) is 0 Å². The van der Waals surface area contributed by atoms with Crippen LogP contribution in [0, 0.1) is 6.92 Å². The van der Waals surface area contributed by atoms with E-state index in [9.17, 15) is 4.79 Å². The third-order valence-corrected chi connectivity index (χ3v) is 4.46. The molecule has 0 spiro atoms. The van der Waals surface area contributed by atoms with Crippen LogP contribution in [0.2, 0.25) is 0 Å². The molecule has 5 heteroatoms. The van der Waals surface area contributed by atoms with E-state index < -0.39 is 0 Å². The lowest BCUT2D eigenvalue weighted by Gasteiger charge is -2.09. The van der Waals surface area contributed by atoms with Crippen molar-refractivity contribution < 1.29 is 9.53 Å². The summed E-state index contributed by atoms with van der Waals surface area (Å²) >= 11 is 4.83. The molecule has 0 amide bonds. The number of hydrogen-bond acceptors (Lipinski definition) is 4. The van der Waals surface area contributed by atoms with Gasteiger partial charge >= 0.3 is 0 Å². The second-order valence-corrected chi connectivity index (χ2v) is 5.90. The molecule has 0 aliphatic rings. The number of halogens is 1. The molecule has 3 nitrogen and oxygen atoms in total. The Kier molecular flexibility index (Phi) is 3.73. The summed E-state index contributed by atoms with van der Waals surface area (Å²) in [4.78, 5) is 14.2. The average Bonchev–Trinajstić information content (AvgIpc) is 2.67. The summed E-state index contributed by atoms with van der Waals surface area (Å²) in [6.45, 7) is 1.96. The highest BCUT2D eigenvalue weighted by atomic mass is 79.9. The van der Waals surface area contributed by atoms with Crippen molar-refractivity contribution in [1.82, 2.24) is 0 Å². The summed E-state index contributed by atoms with van der Waals surface area (Å²) < 4.78 is 6.00. The quantitative estimate of drug-likeness (QED) is 0.692. The van der Waals surface area contributed by atoms with Crippen LogP contribution in [0.4, 0.5) is 5.69 Å². The Hall–Kier alpha value is -1.33. The Morgan fingerprint density at radius 3 is 2.72 bits per heavy atom. The van der Waals surface area contributed by atoms with Gasteiger partial charge in [-0.2, -0.15) is 0 Å². The Bertz CT molecular complexity index is 607. The maximum absolute atomic E-state index is 12.5. The van der Waals surface area contributed by atoms with E-state index >= 15 is 0 Å². The molecular formula is C13H12BrNO2S. The number of methoxy groups -OCH3 is 1. The summed E-state index contributed by atoms with van der Waals surface area (Å²) in [6, 6.07) is 7.12. The lowest BCUT2D eigenvalue weighted by molar-refractivity contribution is 0.104. The van der Waals surface area contributed by atoms with Crippen molar-refractivity contribution in [2.24, 2.45) is 0 Å². The zero-order valence-electron chi connectivity index (χ0n) is 9.99. The highest BCUT2D eigenvalue weighted by Gasteiger charge is 2.21. The largest absolute Gasteiger partial charge is 0.496 e. The lowest BCUT2D eigenvalue weighted by atomic mass is 10.1. The smallest absolute Gasteiger partial charge is 0.209 e. The topological polar surface area (TPSA) is 52.3 Å². The van der Waals surface area contributed by atoms with Crippen molar-refractivity contribution in [3.05, 3.63) is 44.1 Å². The van der Waals surface area contributed by atoms with Gasteiger partial charge in [0.15, 0.2) is 0 Å². The van der Waals surface area contributed by atoms with Gasteiger partial charge in [-0.1, -0.05) is 6.07 Å². The third kappa shape index (κ3) is 2.28. The number of carbonyl (C=O) groups excluding carboxylic acids is 1. The summed E-state index contributed by atoms with van der Waals surface area (Å²) in [5.41, 5.74) is 6.73. The highest BCUT2D eigenvalue weighted by Crippen LogP contribution is 2.33. The normalized spacial score (nSPS) is 10.4. The number of rotatable bonds is 3. The van der Waals surface area contributed by atoms with Crippen molar-refractivity contribution in [3.8, 4) is 5.75 Å². The molecule has 0 aliphatic carbocycles. The molecule has 2 rings (SSSR count). The third-order valence-electron chi connectivity index (χ3n) is 2.52. The number of ether oxygens (including phenoxy) is 1. The summed E-state index contributed by atoms with van der Waals surface area (Å²) in [5, 5.41) is 0. The fourth-order valence-electron chi connectivity index (χ4n) is 1.71. The van der Waals surface area contributed by atoms with Crippen LogP contribution in [0.15, 0.2) is 28.7 Å². The fourth-order valence-corrected chi connectivity index (χ4v) is 3.48. The van der Waals surface area contributed by atoms with Crippen LogP contribution in [0.3, 0.4) is 0 Å². The Morgan fingerprint density at radius 1 is 1.44 bits per heavy atom. The highest BCUT2D eigenvalue weighted by molar-refractivity contribution is 9.10. The van der Waals surface area contributed by atoms with E-state index in [1.807, 2.05) is 13.0 Å². The first-order chi connectivity index (χ1) is 8.54. The molecular weight excluding hydrogens is 314 g/mol. The van der Waals surface area contributed by atoms with Gasteiger partial charge in [0.2, 0.25) is 5.78 Å². The van der Waals surface area contributed by atoms with E-state index in [-0.39, 0.29) is 5.78 Å². The van der Waals surface area contributed by atoms with Gasteiger partial charge in [-0.25, -0.2) is 0 Å². The SMILES string of the molecule is COc1cccc(N)c1C(=O)c1sc(C)cc1Br. The van der Waals surface area contributed by atoms with Gasteiger partial charge < -0.3 is 10.5 Å². The first-order valence-electron chi connectivity index (χ1n) is 5.27. The second-order valence-electron chi connectivity index (χ2n) is 3.79. The van der Waals surface area contributed by atoms with Crippen LogP contribution in [0.5, 0.6) is 5.75 Å². The van der Waals surface area contributed by atoms with Gasteiger partial charge in [-0.15, -0.1) is 11.3 Å². The number of nitrogens with two attached hydrogens (primary N) is 1. The molecule has 0 aliphatic heterocycles. The zero-order valence-corrected chi connectivity index (χ0v) is 12.4. The number of benzene rings is 1. The molecule has 2 aromatic rings. The minimum absolute atomic E-state index is 0.116. The molecule has 0 bridgehead atoms. The standard InChI is InChI=1S/C13H12BrNO2S/c1-7-6-8(14)13(18-7)12(16)11-9(15)4-3-5-10(11)17-2/h3-6H,15H2,1-2H3. The number of hydrogen-bond donors (Lipinski definition) is 1. The monoisotopic (exact) mass is 325 g/mol. The molecule has 0 saturated carbocycles. The minimum Gasteiger partial charge on any atom is -0.496 e. The summed E-state index contributed by atoms with van der Waals surface area (Å²) in [6.07, 6.45) is 0. The summed E-state index contributed by atoms with van der Waals surface area (Å²) in [5.74, 6) is 0.382. The molecule has 0 atom stereocenters. The maximum Gasteiger partial charge on any atom is 0.209 e. The zero-order chi connectivity index (χ0) is 13.3. The Labute approximate surface area is 118 Å². The molecule has 0 radical (unpaired) electrons. The molecule has 0 unspecified atom stereocenters. The van der Waals surface area contributed by atoms with E-state index in [1.165, 1.54) is 18.4 Å². The second kappa shape index (κ2) is 5.12. The van der Waals surface area contributed by atoms with E-state index in [2.05, 4.69) is 15.9 Å². The predicted molar refractivity (Wildman–Crippen MR) is 77.6 cm³/mol. The molecule has 94 valence electrons. The van der Waals surface area contributed by atoms with Gasteiger partial charge in [0.1, 0.15) is 5.75 Å². The Morgan fingerprint density at radius 2 is 2.17 bits per heavy atom.